The zero-order valence-corrected chi connectivity index (χ0v) is 7.49. The van der Waals surface area contributed by atoms with Crippen LogP contribution in [0.2, 0.25) is 0 Å². The Kier molecular flexibility index (Phi) is 2.70. The third kappa shape index (κ3) is 1.76. The van der Waals surface area contributed by atoms with E-state index in [1.165, 1.54) is 0 Å². The molecule has 0 saturated carbocycles. The number of rotatable bonds is 3. The summed E-state index contributed by atoms with van der Waals surface area (Å²) in [5.41, 5.74) is 6.63. The second-order valence-corrected chi connectivity index (χ2v) is 3.10. The summed E-state index contributed by atoms with van der Waals surface area (Å²) < 4.78 is 1.62. The first-order valence-corrected chi connectivity index (χ1v) is 4.09. The van der Waals surface area contributed by atoms with E-state index >= 15 is 0 Å². The van der Waals surface area contributed by atoms with E-state index in [1.54, 1.807) is 4.68 Å². The van der Waals surface area contributed by atoms with Gasteiger partial charge in [-0.15, -0.1) is 0 Å². The smallest absolute Gasteiger partial charge is 0.122 e. The Bertz CT molecular complexity index is 255. The molecule has 1 aromatic heterocycles. The molecule has 0 aliphatic carbocycles. The average molecular weight is 169 g/mol. The zero-order valence-electron chi connectivity index (χ0n) is 7.49. The summed E-state index contributed by atoms with van der Waals surface area (Å²) in [5.74, 6) is 1.000. The molecule has 0 fully saturated rings. The minimum Gasteiger partial charge on any atom is -0.394 e. The van der Waals surface area contributed by atoms with Crippen LogP contribution in [0, 0.1) is 0 Å². The summed E-state index contributed by atoms with van der Waals surface area (Å²) in [6, 6.07) is 1.85. The molecule has 68 valence electrons. The highest BCUT2D eigenvalue weighted by Gasteiger charge is 2.06. The fraction of sp³-hybridized carbons (Fsp3) is 0.625. The molecule has 0 spiro atoms. The Hall–Kier alpha value is -1.03. The van der Waals surface area contributed by atoms with Crippen LogP contribution in [0.1, 0.15) is 25.5 Å². The lowest BCUT2D eigenvalue weighted by molar-refractivity contribution is 0.270. The lowest BCUT2D eigenvalue weighted by Gasteiger charge is -1.99. The number of aliphatic hydroxyl groups excluding tert-OH is 1. The summed E-state index contributed by atoms with van der Waals surface area (Å²) in [4.78, 5) is 0. The molecule has 0 bridgehead atoms. The predicted molar refractivity (Wildman–Crippen MR) is 47.8 cm³/mol. The molecule has 0 aliphatic heterocycles. The normalized spacial score (nSPS) is 11.0. The van der Waals surface area contributed by atoms with E-state index in [9.17, 15) is 0 Å². The Labute approximate surface area is 72.0 Å². The quantitative estimate of drug-likeness (QED) is 0.695. The van der Waals surface area contributed by atoms with Crippen LogP contribution in [0.15, 0.2) is 6.07 Å². The number of hydrogen-bond acceptors (Lipinski definition) is 3. The third-order valence-electron chi connectivity index (χ3n) is 1.73. The summed E-state index contributed by atoms with van der Waals surface area (Å²) >= 11 is 0. The van der Waals surface area contributed by atoms with Crippen LogP contribution in [0.3, 0.4) is 0 Å². The first-order chi connectivity index (χ1) is 5.65. The van der Waals surface area contributed by atoms with Crippen LogP contribution >= 0.6 is 0 Å². The Morgan fingerprint density at radius 3 is 2.75 bits per heavy atom. The molecular formula is C8H15N3O. The van der Waals surface area contributed by atoms with Crippen molar-refractivity contribution in [3.8, 4) is 0 Å². The molecule has 0 aromatic carbocycles. The molecule has 1 heterocycles. The van der Waals surface area contributed by atoms with Gasteiger partial charge in [0.25, 0.3) is 0 Å². The number of nitrogens with zero attached hydrogens (tertiary/aromatic N) is 2. The minimum absolute atomic E-state index is 0.0728. The highest BCUT2D eigenvalue weighted by molar-refractivity contribution is 5.31. The van der Waals surface area contributed by atoms with Gasteiger partial charge in [-0.1, -0.05) is 13.8 Å². The lowest BCUT2D eigenvalue weighted by atomic mass is 10.1. The molecular weight excluding hydrogens is 154 g/mol. The molecule has 4 heteroatoms. The molecule has 1 aromatic rings. The Morgan fingerprint density at radius 2 is 2.33 bits per heavy atom. The van der Waals surface area contributed by atoms with Crippen molar-refractivity contribution in [2.24, 2.45) is 0 Å². The molecule has 4 nitrogen and oxygen atoms in total. The highest BCUT2D eigenvalue weighted by Crippen LogP contribution is 2.15. The average Bonchev–Trinajstić information content (AvgIpc) is 2.34. The molecule has 0 amide bonds. The van der Waals surface area contributed by atoms with Crippen LogP contribution in [-0.2, 0) is 6.54 Å². The first kappa shape index (κ1) is 9.06. The first-order valence-electron chi connectivity index (χ1n) is 4.09. The maximum atomic E-state index is 8.68. The van der Waals surface area contributed by atoms with Crippen molar-refractivity contribution in [3.05, 3.63) is 11.8 Å². The third-order valence-corrected chi connectivity index (χ3v) is 1.73. The van der Waals surface area contributed by atoms with Crippen molar-refractivity contribution in [2.75, 3.05) is 12.3 Å². The van der Waals surface area contributed by atoms with Crippen molar-refractivity contribution in [3.63, 3.8) is 0 Å². The van der Waals surface area contributed by atoms with Crippen molar-refractivity contribution in [1.82, 2.24) is 9.78 Å². The maximum Gasteiger partial charge on any atom is 0.122 e. The number of nitrogen functional groups attached to an aromatic ring is 1. The van der Waals surface area contributed by atoms with Gasteiger partial charge in [-0.2, -0.15) is 5.10 Å². The Morgan fingerprint density at radius 1 is 1.67 bits per heavy atom. The standard InChI is InChI=1S/C8H15N3O/c1-6(2)7-5-8(9)11(10-7)3-4-12/h5-6,12H,3-4,9H2,1-2H3. The van der Waals surface area contributed by atoms with Gasteiger partial charge in [0.1, 0.15) is 5.82 Å². The Balaban J connectivity index is 2.85. The van der Waals surface area contributed by atoms with E-state index in [1.807, 2.05) is 6.07 Å². The van der Waals surface area contributed by atoms with E-state index in [0.29, 0.717) is 18.3 Å². The number of aromatic nitrogens is 2. The van der Waals surface area contributed by atoms with Gasteiger partial charge in [0.05, 0.1) is 18.8 Å². The van der Waals surface area contributed by atoms with Crippen LogP contribution in [-0.4, -0.2) is 21.5 Å². The van der Waals surface area contributed by atoms with Gasteiger partial charge in [-0.25, -0.2) is 4.68 Å². The molecule has 0 unspecified atom stereocenters. The van der Waals surface area contributed by atoms with Gasteiger partial charge in [0, 0.05) is 6.07 Å². The van der Waals surface area contributed by atoms with Gasteiger partial charge >= 0.3 is 0 Å². The topological polar surface area (TPSA) is 64.1 Å². The second-order valence-electron chi connectivity index (χ2n) is 3.10. The lowest BCUT2D eigenvalue weighted by Crippen LogP contribution is -2.07. The number of anilines is 1. The summed E-state index contributed by atoms with van der Waals surface area (Å²) in [7, 11) is 0. The van der Waals surface area contributed by atoms with Gasteiger partial charge < -0.3 is 10.8 Å². The van der Waals surface area contributed by atoms with E-state index in [4.69, 9.17) is 10.8 Å². The van der Waals surface area contributed by atoms with Gasteiger partial charge in [-0.05, 0) is 5.92 Å². The molecule has 0 saturated heterocycles. The minimum atomic E-state index is 0.0728. The van der Waals surface area contributed by atoms with Crippen molar-refractivity contribution >= 4 is 5.82 Å². The van der Waals surface area contributed by atoms with Gasteiger partial charge in [0.2, 0.25) is 0 Å². The highest BCUT2D eigenvalue weighted by atomic mass is 16.3. The largest absolute Gasteiger partial charge is 0.394 e. The monoisotopic (exact) mass is 169 g/mol. The number of hydrogen-bond donors (Lipinski definition) is 2. The van der Waals surface area contributed by atoms with Crippen molar-refractivity contribution < 1.29 is 5.11 Å². The maximum absolute atomic E-state index is 8.68. The SMILES string of the molecule is CC(C)c1cc(N)n(CCO)n1. The fourth-order valence-electron chi connectivity index (χ4n) is 1.01. The summed E-state index contributed by atoms with van der Waals surface area (Å²) in [6.45, 7) is 4.66. The molecule has 0 atom stereocenters. The van der Waals surface area contributed by atoms with Crippen LogP contribution in [0.4, 0.5) is 5.82 Å². The molecule has 3 N–H and O–H groups in total. The fourth-order valence-corrected chi connectivity index (χ4v) is 1.01. The predicted octanol–water partition coefficient (Wildman–Crippen LogP) is 0.581. The second kappa shape index (κ2) is 3.58. The van der Waals surface area contributed by atoms with Gasteiger partial charge in [-0.3, -0.25) is 0 Å². The van der Waals surface area contributed by atoms with Crippen LogP contribution < -0.4 is 5.73 Å². The number of nitrogens with two attached hydrogens (primary N) is 1. The summed E-state index contributed by atoms with van der Waals surface area (Å²) in [6.07, 6.45) is 0. The van der Waals surface area contributed by atoms with Crippen LogP contribution in [0.5, 0.6) is 0 Å². The molecule has 12 heavy (non-hydrogen) atoms. The molecule has 0 aliphatic rings. The summed E-state index contributed by atoms with van der Waals surface area (Å²) in [5, 5.41) is 12.9. The van der Waals surface area contributed by atoms with Crippen molar-refractivity contribution in [1.29, 1.82) is 0 Å². The van der Waals surface area contributed by atoms with E-state index in [0.717, 1.165) is 5.69 Å². The van der Waals surface area contributed by atoms with E-state index < -0.39 is 0 Å². The van der Waals surface area contributed by atoms with Crippen LogP contribution in [0.25, 0.3) is 0 Å². The van der Waals surface area contributed by atoms with Crippen molar-refractivity contribution in [2.45, 2.75) is 26.3 Å². The number of aliphatic hydroxyl groups is 1. The molecule has 1 rings (SSSR count). The molecule has 0 radical (unpaired) electrons. The van der Waals surface area contributed by atoms with E-state index in [-0.39, 0.29) is 6.61 Å². The van der Waals surface area contributed by atoms with E-state index in [2.05, 4.69) is 18.9 Å². The zero-order chi connectivity index (χ0) is 9.14. The van der Waals surface area contributed by atoms with Gasteiger partial charge in [0.15, 0.2) is 0 Å².